The summed E-state index contributed by atoms with van der Waals surface area (Å²) < 4.78 is 77.0. The van der Waals surface area contributed by atoms with Gasteiger partial charge in [-0.1, -0.05) is 32.9 Å². The largest absolute Gasteiger partial charge is 0.471 e. The van der Waals surface area contributed by atoms with E-state index in [0.717, 1.165) is 10.2 Å². The number of aromatic nitrogens is 4. The van der Waals surface area contributed by atoms with E-state index in [9.17, 15) is 26.7 Å². The molecule has 4 rings (SSSR count). The lowest BCUT2D eigenvalue weighted by Gasteiger charge is -2.19. The zero-order chi connectivity index (χ0) is 28.6. The maximum atomic E-state index is 14.1. The van der Waals surface area contributed by atoms with Crippen LogP contribution in [-0.2, 0) is 18.7 Å². The van der Waals surface area contributed by atoms with E-state index < -0.39 is 47.1 Å². The van der Waals surface area contributed by atoms with E-state index >= 15 is 0 Å². The van der Waals surface area contributed by atoms with Crippen molar-refractivity contribution in [3.8, 4) is 5.75 Å². The highest BCUT2D eigenvalue weighted by Gasteiger charge is 2.27. The van der Waals surface area contributed by atoms with Gasteiger partial charge in [-0.05, 0) is 43.0 Å². The van der Waals surface area contributed by atoms with E-state index in [0.29, 0.717) is 5.75 Å². The predicted molar refractivity (Wildman–Crippen MR) is 133 cm³/mol. The van der Waals surface area contributed by atoms with Gasteiger partial charge in [0.15, 0.2) is 35.7 Å². The Labute approximate surface area is 221 Å². The molecular formula is C27H26F5N5O2. The van der Waals surface area contributed by atoms with Crippen molar-refractivity contribution in [3.63, 3.8) is 0 Å². The standard InChI is InChI=1S/C27H26F5N5O2/c1-14-25(15(2)37(34-14)12-18-20(28)22(30)24(32)23(31)21(18)29)33-26(38)19-10-11-36(35-19)13-39-17-8-6-16(7-9-17)27(3,4)5/h6-11H,12-13H2,1-5H3,(H,33,38). The minimum absolute atomic E-state index is 0.0131. The summed E-state index contributed by atoms with van der Waals surface area (Å²) in [7, 11) is 0. The zero-order valence-electron chi connectivity index (χ0n) is 21.9. The summed E-state index contributed by atoms with van der Waals surface area (Å²) in [5, 5.41) is 10.9. The van der Waals surface area contributed by atoms with Gasteiger partial charge < -0.3 is 10.1 Å². The molecule has 0 saturated heterocycles. The van der Waals surface area contributed by atoms with Crippen molar-refractivity contribution in [2.75, 3.05) is 5.32 Å². The number of aryl methyl sites for hydroxylation is 1. The van der Waals surface area contributed by atoms with Crippen molar-refractivity contribution >= 4 is 11.6 Å². The minimum Gasteiger partial charge on any atom is -0.471 e. The number of nitrogens with zero attached hydrogens (tertiary/aromatic N) is 4. The Hall–Kier alpha value is -4.22. The molecule has 0 bridgehead atoms. The first-order valence-corrected chi connectivity index (χ1v) is 11.9. The van der Waals surface area contributed by atoms with E-state index in [1.54, 1.807) is 6.20 Å². The molecule has 0 aliphatic rings. The number of carbonyl (C=O) groups is 1. The Balaban J connectivity index is 1.45. The number of hydrogen-bond acceptors (Lipinski definition) is 4. The van der Waals surface area contributed by atoms with E-state index in [1.807, 2.05) is 24.3 Å². The smallest absolute Gasteiger partial charge is 0.276 e. The summed E-state index contributed by atoms with van der Waals surface area (Å²) in [6.07, 6.45) is 1.56. The second kappa shape index (κ2) is 10.5. The molecule has 0 atom stereocenters. The number of rotatable bonds is 7. The molecule has 0 unspecified atom stereocenters. The molecule has 2 aromatic carbocycles. The van der Waals surface area contributed by atoms with Crippen LogP contribution in [0, 0.1) is 42.9 Å². The molecule has 0 aliphatic carbocycles. The summed E-state index contributed by atoms with van der Waals surface area (Å²) in [6, 6.07) is 9.15. The fraction of sp³-hybridized carbons (Fsp3) is 0.296. The van der Waals surface area contributed by atoms with Gasteiger partial charge in [-0.2, -0.15) is 10.2 Å². The van der Waals surface area contributed by atoms with Gasteiger partial charge in [0.25, 0.3) is 5.91 Å². The molecular weight excluding hydrogens is 521 g/mol. The lowest BCUT2D eigenvalue weighted by Crippen LogP contribution is -2.16. The number of halogens is 5. The average Bonchev–Trinajstić information content (AvgIpc) is 3.47. The summed E-state index contributed by atoms with van der Waals surface area (Å²) in [5.74, 6) is -10.2. The molecule has 0 spiro atoms. The van der Waals surface area contributed by atoms with E-state index in [2.05, 4.69) is 36.3 Å². The molecule has 2 heterocycles. The predicted octanol–water partition coefficient (Wildman–Crippen LogP) is 6.03. The van der Waals surface area contributed by atoms with Crippen molar-refractivity contribution in [3.05, 3.63) is 93.8 Å². The fourth-order valence-corrected chi connectivity index (χ4v) is 3.89. The van der Waals surface area contributed by atoms with Crippen LogP contribution < -0.4 is 10.1 Å². The first-order valence-electron chi connectivity index (χ1n) is 11.9. The average molecular weight is 548 g/mol. The molecule has 0 aliphatic heterocycles. The lowest BCUT2D eigenvalue weighted by molar-refractivity contribution is 0.102. The molecule has 1 N–H and O–H groups in total. The molecule has 4 aromatic rings. The maximum Gasteiger partial charge on any atom is 0.276 e. The third-order valence-corrected chi connectivity index (χ3v) is 6.19. The van der Waals surface area contributed by atoms with Gasteiger partial charge in [-0.25, -0.2) is 26.6 Å². The molecule has 0 radical (unpaired) electrons. The van der Waals surface area contributed by atoms with Crippen LogP contribution in [0.3, 0.4) is 0 Å². The number of hydrogen-bond donors (Lipinski definition) is 1. The van der Waals surface area contributed by atoms with E-state index in [4.69, 9.17) is 4.74 Å². The van der Waals surface area contributed by atoms with Crippen LogP contribution in [0.2, 0.25) is 0 Å². The Morgan fingerprint density at radius 1 is 0.897 bits per heavy atom. The van der Waals surface area contributed by atoms with Crippen molar-refractivity contribution in [2.24, 2.45) is 0 Å². The van der Waals surface area contributed by atoms with Crippen LogP contribution in [0.15, 0.2) is 36.5 Å². The molecule has 39 heavy (non-hydrogen) atoms. The van der Waals surface area contributed by atoms with Gasteiger partial charge >= 0.3 is 0 Å². The van der Waals surface area contributed by atoms with Crippen molar-refractivity contribution in [1.29, 1.82) is 0 Å². The molecule has 1 amide bonds. The number of benzene rings is 2. The SMILES string of the molecule is Cc1nn(Cc2c(F)c(F)c(F)c(F)c2F)c(C)c1NC(=O)c1ccn(COc2ccc(C(C)(C)C)cc2)n1. The lowest BCUT2D eigenvalue weighted by atomic mass is 9.87. The van der Waals surface area contributed by atoms with Crippen molar-refractivity contribution in [2.45, 2.75) is 53.3 Å². The second-order valence-electron chi connectivity index (χ2n) is 9.99. The number of amides is 1. The second-order valence-corrected chi connectivity index (χ2v) is 9.99. The fourth-order valence-electron chi connectivity index (χ4n) is 3.89. The van der Waals surface area contributed by atoms with Crippen molar-refractivity contribution < 1.29 is 31.5 Å². The normalized spacial score (nSPS) is 11.6. The number of anilines is 1. The summed E-state index contributed by atoms with van der Waals surface area (Å²) in [6.45, 7) is 8.66. The van der Waals surface area contributed by atoms with Crippen LogP contribution in [0.4, 0.5) is 27.6 Å². The summed E-state index contributed by atoms with van der Waals surface area (Å²) in [4.78, 5) is 12.8. The quantitative estimate of drug-likeness (QED) is 0.174. The molecule has 0 saturated carbocycles. The molecule has 7 nitrogen and oxygen atoms in total. The Bertz CT molecular complexity index is 1510. The summed E-state index contributed by atoms with van der Waals surface area (Å²) >= 11 is 0. The molecule has 12 heteroatoms. The van der Waals surface area contributed by atoms with Crippen LogP contribution in [0.25, 0.3) is 0 Å². The number of ether oxygens (including phenoxy) is 1. The highest BCUT2D eigenvalue weighted by Crippen LogP contribution is 2.27. The monoisotopic (exact) mass is 547 g/mol. The topological polar surface area (TPSA) is 74.0 Å². The number of nitrogens with one attached hydrogen (secondary N) is 1. The first kappa shape index (κ1) is 27.8. The third-order valence-electron chi connectivity index (χ3n) is 6.19. The van der Waals surface area contributed by atoms with Crippen LogP contribution in [-0.4, -0.2) is 25.5 Å². The van der Waals surface area contributed by atoms with Gasteiger partial charge in [-0.3, -0.25) is 9.48 Å². The van der Waals surface area contributed by atoms with Crippen LogP contribution in [0.5, 0.6) is 5.75 Å². The maximum absolute atomic E-state index is 14.1. The molecule has 0 fully saturated rings. The highest BCUT2D eigenvalue weighted by molar-refractivity contribution is 6.03. The first-order chi connectivity index (χ1) is 18.3. The third kappa shape index (κ3) is 5.64. The van der Waals surface area contributed by atoms with Crippen LogP contribution >= 0.6 is 0 Å². The van der Waals surface area contributed by atoms with Gasteiger partial charge in [0, 0.05) is 6.20 Å². The zero-order valence-corrected chi connectivity index (χ0v) is 21.9. The molecule has 2 aromatic heterocycles. The highest BCUT2D eigenvalue weighted by atomic mass is 19.2. The van der Waals surface area contributed by atoms with Gasteiger partial charge in [0.1, 0.15) is 5.75 Å². The van der Waals surface area contributed by atoms with Gasteiger partial charge in [0.2, 0.25) is 5.82 Å². The Kier molecular flexibility index (Phi) is 7.49. The number of carbonyl (C=O) groups excluding carboxylic acids is 1. The van der Waals surface area contributed by atoms with E-state index in [-0.39, 0.29) is 34.9 Å². The minimum atomic E-state index is -2.24. The Morgan fingerprint density at radius 3 is 2.08 bits per heavy atom. The van der Waals surface area contributed by atoms with Crippen LogP contribution in [0.1, 0.15) is 53.8 Å². The van der Waals surface area contributed by atoms with Gasteiger partial charge in [0.05, 0.1) is 29.2 Å². The summed E-state index contributed by atoms with van der Waals surface area (Å²) in [5.41, 5.74) is 0.925. The van der Waals surface area contributed by atoms with E-state index in [1.165, 1.54) is 24.6 Å². The molecule has 206 valence electrons. The van der Waals surface area contributed by atoms with Gasteiger partial charge in [-0.15, -0.1) is 0 Å². The Morgan fingerprint density at radius 2 is 1.49 bits per heavy atom. The van der Waals surface area contributed by atoms with Crippen molar-refractivity contribution in [1.82, 2.24) is 19.6 Å².